The van der Waals surface area contributed by atoms with Gasteiger partial charge in [-0.15, -0.1) is 0 Å². The van der Waals surface area contributed by atoms with E-state index >= 15 is 0 Å². The van der Waals surface area contributed by atoms with E-state index in [9.17, 15) is 13.6 Å². The number of hydrogen-bond acceptors (Lipinski definition) is 3. The van der Waals surface area contributed by atoms with Crippen molar-refractivity contribution in [1.29, 1.82) is 0 Å². The topological polar surface area (TPSA) is 55.6 Å². The maximum Gasteiger partial charge on any atom is 0.387 e. The van der Waals surface area contributed by atoms with Crippen LogP contribution in [0.3, 0.4) is 0 Å². The molecule has 1 aliphatic rings. The number of hydrogen-bond donors (Lipinski definition) is 1. The molecule has 0 radical (unpaired) electrons. The Labute approximate surface area is 122 Å². The molecule has 2 unspecified atom stereocenters. The van der Waals surface area contributed by atoms with E-state index in [4.69, 9.17) is 5.73 Å². The first-order valence-corrected chi connectivity index (χ1v) is 7.06. The Kier molecular flexibility index (Phi) is 5.12. The van der Waals surface area contributed by atoms with Crippen molar-refractivity contribution in [1.82, 2.24) is 4.90 Å². The van der Waals surface area contributed by atoms with E-state index in [1.54, 1.807) is 11.9 Å². The van der Waals surface area contributed by atoms with Crippen LogP contribution in [0.2, 0.25) is 0 Å². The molecular weight excluding hydrogens is 278 g/mol. The molecule has 1 aromatic carbocycles. The van der Waals surface area contributed by atoms with Crippen molar-refractivity contribution >= 4 is 5.91 Å². The van der Waals surface area contributed by atoms with Gasteiger partial charge >= 0.3 is 6.61 Å². The summed E-state index contributed by atoms with van der Waals surface area (Å²) >= 11 is 0. The van der Waals surface area contributed by atoms with Gasteiger partial charge in [-0.05, 0) is 37.1 Å². The second kappa shape index (κ2) is 6.85. The minimum absolute atomic E-state index is 0.00543. The summed E-state index contributed by atoms with van der Waals surface area (Å²) in [5.74, 6) is -0.112. The number of amides is 1. The van der Waals surface area contributed by atoms with Crippen LogP contribution in [0.1, 0.15) is 36.0 Å². The molecule has 1 fully saturated rings. The highest BCUT2D eigenvalue weighted by atomic mass is 19.3. The SMILES string of the molecule is CN(C(=O)c1ccc(OC(F)F)cc1)C1CCCCC1N. The Morgan fingerprint density at radius 1 is 1.29 bits per heavy atom. The van der Waals surface area contributed by atoms with Crippen molar-refractivity contribution in [2.75, 3.05) is 7.05 Å². The van der Waals surface area contributed by atoms with Crippen molar-refractivity contribution in [2.45, 2.75) is 44.4 Å². The standard InChI is InChI=1S/C15H20F2N2O2/c1-19(13-5-3-2-4-12(13)18)14(20)10-6-8-11(9-7-10)21-15(16)17/h6-9,12-13,15H,2-5,18H2,1H3. The molecule has 1 aliphatic carbocycles. The van der Waals surface area contributed by atoms with Crippen LogP contribution in [0.15, 0.2) is 24.3 Å². The zero-order chi connectivity index (χ0) is 15.4. The lowest BCUT2D eigenvalue weighted by molar-refractivity contribution is -0.0498. The van der Waals surface area contributed by atoms with Crippen LogP contribution in [0.25, 0.3) is 0 Å². The summed E-state index contributed by atoms with van der Waals surface area (Å²) < 4.78 is 28.4. The molecule has 0 spiro atoms. The Hall–Kier alpha value is -1.69. The Morgan fingerprint density at radius 2 is 1.90 bits per heavy atom. The number of halogens is 2. The summed E-state index contributed by atoms with van der Waals surface area (Å²) in [6.45, 7) is -2.87. The molecule has 1 amide bonds. The van der Waals surface area contributed by atoms with Gasteiger partial charge in [-0.2, -0.15) is 8.78 Å². The lowest BCUT2D eigenvalue weighted by Gasteiger charge is -2.36. The highest BCUT2D eigenvalue weighted by molar-refractivity contribution is 5.94. The number of likely N-dealkylation sites (N-methyl/N-ethyl adjacent to an activating group) is 1. The number of ether oxygens (including phenoxy) is 1. The van der Waals surface area contributed by atoms with Crippen molar-refractivity contribution < 1.29 is 18.3 Å². The Balaban J connectivity index is 2.04. The maximum absolute atomic E-state index is 12.4. The van der Waals surface area contributed by atoms with Gasteiger partial charge in [0, 0.05) is 24.7 Å². The highest BCUT2D eigenvalue weighted by Gasteiger charge is 2.28. The predicted octanol–water partition coefficient (Wildman–Crippen LogP) is 2.63. The van der Waals surface area contributed by atoms with Crippen LogP contribution in [0, 0.1) is 0 Å². The third-order valence-corrected chi connectivity index (χ3v) is 3.93. The molecule has 1 saturated carbocycles. The molecule has 1 aromatic rings. The number of carbonyl (C=O) groups excluding carboxylic acids is 1. The molecular formula is C15H20F2N2O2. The lowest BCUT2D eigenvalue weighted by Crippen LogP contribution is -2.50. The summed E-state index contributed by atoms with van der Waals surface area (Å²) in [5.41, 5.74) is 6.52. The van der Waals surface area contributed by atoms with Gasteiger partial charge in [0.15, 0.2) is 0 Å². The van der Waals surface area contributed by atoms with E-state index < -0.39 is 6.61 Å². The molecule has 2 atom stereocenters. The summed E-state index contributed by atoms with van der Waals surface area (Å²) in [5, 5.41) is 0. The molecule has 116 valence electrons. The van der Waals surface area contributed by atoms with Crippen LogP contribution in [-0.4, -0.2) is 36.5 Å². The first-order chi connectivity index (χ1) is 9.99. The van der Waals surface area contributed by atoms with Crippen LogP contribution in [0.4, 0.5) is 8.78 Å². The summed E-state index contributed by atoms with van der Waals surface area (Å²) in [4.78, 5) is 14.1. The van der Waals surface area contributed by atoms with E-state index in [-0.39, 0.29) is 23.7 Å². The molecule has 21 heavy (non-hydrogen) atoms. The van der Waals surface area contributed by atoms with Crippen molar-refractivity contribution in [3.8, 4) is 5.75 Å². The third-order valence-electron chi connectivity index (χ3n) is 3.93. The van der Waals surface area contributed by atoms with E-state index in [1.807, 2.05) is 0 Å². The van der Waals surface area contributed by atoms with Gasteiger partial charge in [0.05, 0.1) is 0 Å². The van der Waals surface area contributed by atoms with Gasteiger partial charge in [0.1, 0.15) is 5.75 Å². The first kappa shape index (κ1) is 15.7. The van der Waals surface area contributed by atoms with Gasteiger partial charge in [0.25, 0.3) is 5.91 Å². The number of nitrogens with two attached hydrogens (primary N) is 1. The van der Waals surface area contributed by atoms with E-state index in [0.29, 0.717) is 5.56 Å². The minimum Gasteiger partial charge on any atom is -0.435 e. The van der Waals surface area contributed by atoms with Crippen molar-refractivity contribution in [3.05, 3.63) is 29.8 Å². The van der Waals surface area contributed by atoms with Crippen molar-refractivity contribution in [2.24, 2.45) is 5.73 Å². The Bertz CT molecular complexity index is 479. The molecule has 2 N–H and O–H groups in total. The van der Waals surface area contributed by atoms with Crippen LogP contribution in [-0.2, 0) is 0 Å². The number of nitrogens with zero attached hydrogens (tertiary/aromatic N) is 1. The van der Waals surface area contributed by atoms with Gasteiger partial charge < -0.3 is 15.4 Å². The van der Waals surface area contributed by atoms with Crippen LogP contribution in [0.5, 0.6) is 5.75 Å². The second-order valence-corrected chi connectivity index (χ2v) is 5.33. The normalized spacial score (nSPS) is 22.1. The molecule has 4 nitrogen and oxygen atoms in total. The van der Waals surface area contributed by atoms with E-state index in [0.717, 1.165) is 25.7 Å². The number of benzene rings is 1. The largest absolute Gasteiger partial charge is 0.435 e. The number of rotatable bonds is 4. The molecule has 0 saturated heterocycles. The number of carbonyl (C=O) groups is 1. The van der Waals surface area contributed by atoms with Crippen LogP contribution < -0.4 is 10.5 Å². The summed E-state index contributed by atoms with van der Waals surface area (Å²) in [7, 11) is 1.74. The van der Waals surface area contributed by atoms with Gasteiger partial charge in [-0.3, -0.25) is 4.79 Å². The van der Waals surface area contributed by atoms with Gasteiger partial charge in [-0.25, -0.2) is 0 Å². The minimum atomic E-state index is -2.87. The lowest BCUT2D eigenvalue weighted by atomic mass is 9.90. The fourth-order valence-electron chi connectivity index (χ4n) is 2.75. The first-order valence-electron chi connectivity index (χ1n) is 7.06. The van der Waals surface area contributed by atoms with Gasteiger partial charge in [-0.1, -0.05) is 12.8 Å². The van der Waals surface area contributed by atoms with Crippen molar-refractivity contribution in [3.63, 3.8) is 0 Å². The highest BCUT2D eigenvalue weighted by Crippen LogP contribution is 2.23. The summed E-state index contributed by atoms with van der Waals surface area (Å²) in [6, 6.07) is 5.75. The predicted molar refractivity (Wildman–Crippen MR) is 75.4 cm³/mol. The van der Waals surface area contributed by atoms with E-state index in [2.05, 4.69) is 4.74 Å². The second-order valence-electron chi connectivity index (χ2n) is 5.33. The number of alkyl halides is 2. The summed E-state index contributed by atoms with van der Waals surface area (Å²) in [6.07, 6.45) is 3.98. The molecule has 0 bridgehead atoms. The smallest absolute Gasteiger partial charge is 0.387 e. The third kappa shape index (κ3) is 3.91. The Morgan fingerprint density at radius 3 is 2.48 bits per heavy atom. The average Bonchev–Trinajstić information content (AvgIpc) is 2.46. The van der Waals surface area contributed by atoms with Gasteiger partial charge in [0.2, 0.25) is 0 Å². The fraction of sp³-hybridized carbons (Fsp3) is 0.533. The van der Waals surface area contributed by atoms with Crippen LogP contribution >= 0.6 is 0 Å². The fourth-order valence-corrected chi connectivity index (χ4v) is 2.75. The molecule has 0 aromatic heterocycles. The van der Waals surface area contributed by atoms with E-state index in [1.165, 1.54) is 24.3 Å². The molecule has 0 aliphatic heterocycles. The molecule has 2 rings (SSSR count). The monoisotopic (exact) mass is 298 g/mol. The maximum atomic E-state index is 12.4. The molecule has 6 heteroatoms. The molecule has 0 heterocycles. The quantitative estimate of drug-likeness (QED) is 0.929. The zero-order valence-corrected chi connectivity index (χ0v) is 12.0. The average molecular weight is 298 g/mol. The zero-order valence-electron chi connectivity index (χ0n) is 12.0.